The molecule has 2 rings (SSSR count). The molecule has 0 unspecified atom stereocenters. The third-order valence-corrected chi connectivity index (χ3v) is 4.76. The number of piperidine rings is 1. The molecule has 1 heterocycles. The summed E-state index contributed by atoms with van der Waals surface area (Å²) in [5.41, 5.74) is 6.75. The van der Waals surface area contributed by atoms with Gasteiger partial charge in [0.25, 0.3) is 0 Å². The Kier molecular flexibility index (Phi) is 4.87. The van der Waals surface area contributed by atoms with Crippen LogP contribution in [-0.2, 0) is 6.54 Å². The van der Waals surface area contributed by atoms with Crippen molar-refractivity contribution in [3.05, 3.63) is 34.3 Å². The van der Waals surface area contributed by atoms with Gasteiger partial charge in [-0.15, -0.1) is 0 Å². The van der Waals surface area contributed by atoms with E-state index in [1.165, 1.54) is 0 Å². The lowest BCUT2D eigenvalue weighted by molar-refractivity contribution is 0.00299. The fourth-order valence-corrected chi connectivity index (χ4v) is 4.26. The fourth-order valence-electron chi connectivity index (χ4n) is 3.81. The molecule has 5 heteroatoms. The first kappa shape index (κ1) is 17.3. The summed E-state index contributed by atoms with van der Waals surface area (Å²) in [4.78, 5) is 14.7. The molecule has 122 valence electrons. The third kappa shape index (κ3) is 3.82. The van der Waals surface area contributed by atoms with Crippen molar-refractivity contribution in [3.8, 4) is 0 Å². The minimum absolute atomic E-state index is 0.0260. The van der Waals surface area contributed by atoms with Crippen molar-refractivity contribution in [2.24, 2.45) is 5.73 Å². The summed E-state index contributed by atoms with van der Waals surface area (Å²) < 4.78 is 1.02. The summed E-state index contributed by atoms with van der Waals surface area (Å²) in [5, 5.41) is 3.05. The zero-order valence-electron chi connectivity index (χ0n) is 13.8. The Balaban J connectivity index is 2.10. The topological polar surface area (TPSA) is 58.4 Å². The molecule has 3 N–H and O–H groups in total. The summed E-state index contributed by atoms with van der Waals surface area (Å²) >= 11 is 3.45. The highest BCUT2D eigenvalue weighted by Crippen LogP contribution is 2.37. The monoisotopic (exact) mass is 367 g/mol. The summed E-state index contributed by atoms with van der Waals surface area (Å²) in [7, 11) is 0. The molecule has 0 bridgehead atoms. The van der Waals surface area contributed by atoms with Crippen LogP contribution in [0.4, 0.5) is 4.79 Å². The van der Waals surface area contributed by atoms with E-state index < -0.39 is 0 Å². The smallest absolute Gasteiger partial charge is 0.318 e. The maximum Gasteiger partial charge on any atom is 0.318 e. The number of hydrogen-bond acceptors (Lipinski definition) is 2. The van der Waals surface area contributed by atoms with Gasteiger partial charge in [-0.3, -0.25) is 0 Å². The van der Waals surface area contributed by atoms with Crippen molar-refractivity contribution >= 4 is 22.0 Å². The normalized spacial score (nSPS) is 20.7. The standard InChI is InChI=1S/C17H26BrN3O/c1-16(2)9-14(19)10-17(3,4)21(16)15(22)20-11-12-6-5-7-13(18)8-12/h5-8,14H,9-11,19H2,1-4H3,(H,20,22). The van der Waals surface area contributed by atoms with Gasteiger partial charge in [0.05, 0.1) is 0 Å². The van der Waals surface area contributed by atoms with Gasteiger partial charge in [0.2, 0.25) is 0 Å². The molecular weight excluding hydrogens is 342 g/mol. The highest BCUT2D eigenvalue weighted by molar-refractivity contribution is 9.10. The van der Waals surface area contributed by atoms with Crippen LogP contribution in [0.2, 0.25) is 0 Å². The van der Waals surface area contributed by atoms with Crippen LogP contribution < -0.4 is 11.1 Å². The van der Waals surface area contributed by atoms with Crippen LogP contribution in [0.3, 0.4) is 0 Å². The van der Waals surface area contributed by atoms with Crippen LogP contribution in [0.1, 0.15) is 46.1 Å². The molecule has 1 aromatic rings. The highest BCUT2D eigenvalue weighted by Gasteiger charge is 2.46. The molecule has 1 saturated heterocycles. The van der Waals surface area contributed by atoms with Gasteiger partial charge in [-0.25, -0.2) is 4.79 Å². The van der Waals surface area contributed by atoms with Crippen LogP contribution in [0.5, 0.6) is 0 Å². The summed E-state index contributed by atoms with van der Waals surface area (Å²) in [6.07, 6.45) is 1.64. The van der Waals surface area contributed by atoms with Gasteiger partial charge in [-0.1, -0.05) is 28.1 Å². The van der Waals surface area contributed by atoms with Crippen LogP contribution in [0.25, 0.3) is 0 Å². The molecule has 0 aliphatic carbocycles. The first-order valence-corrected chi connectivity index (χ1v) is 8.49. The number of carbonyl (C=O) groups excluding carboxylic acids is 1. The van der Waals surface area contributed by atoms with Crippen LogP contribution >= 0.6 is 15.9 Å². The van der Waals surface area contributed by atoms with Gasteiger partial charge in [0.15, 0.2) is 0 Å². The summed E-state index contributed by atoms with van der Waals surface area (Å²) in [6.45, 7) is 8.88. The highest BCUT2D eigenvalue weighted by atomic mass is 79.9. The Morgan fingerprint density at radius 3 is 2.45 bits per heavy atom. The van der Waals surface area contributed by atoms with Crippen LogP contribution in [0.15, 0.2) is 28.7 Å². The Hall–Kier alpha value is -1.07. The van der Waals surface area contributed by atoms with Gasteiger partial charge in [-0.2, -0.15) is 0 Å². The zero-order valence-corrected chi connectivity index (χ0v) is 15.4. The van der Waals surface area contributed by atoms with Gasteiger partial charge >= 0.3 is 6.03 Å². The minimum atomic E-state index is -0.247. The maximum atomic E-state index is 12.8. The zero-order chi connectivity index (χ0) is 16.5. The number of carbonyl (C=O) groups is 1. The molecule has 0 saturated carbocycles. The molecular formula is C17H26BrN3O. The lowest BCUT2D eigenvalue weighted by Crippen LogP contribution is -2.66. The second-order valence-corrected chi connectivity index (χ2v) is 8.33. The number of nitrogens with zero attached hydrogens (tertiary/aromatic N) is 1. The van der Waals surface area contributed by atoms with Crippen LogP contribution in [0, 0.1) is 0 Å². The van der Waals surface area contributed by atoms with E-state index in [0.717, 1.165) is 22.9 Å². The largest absolute Gasteiger partial charge is 0.334 e. The van der Waals surface area contributed by atoms with Crippen molar-refractivity contribution in [3.63, 3.8) is 0 Å². The molecule has 0 spiro atoms. The fraction of sp³-hybridized carbons (Fsp3) is 0.588. The predicted octanol–water partition coefficient (Wildman–Crippen LogP) is 3.64. The Bertz CT molecular complexity index is 539. The molecule has 2 amide bonds. The van der Waals surface area contributed by atoms with E-state index >= 15 is 0 Å². The van der Waals surface area contributed by atoms with E-state index in [-0.39, 0.29) is 23.2 Å². The molecule has 0 radical (unpaired) electrons. The van der Waals surface area contributed by atoms with E-state index in [0.29, 0.717) is 6.54 Å². The Labute approximate surface area is 141 Å². The SMILES string of the molecule is CC1(C)CC(N)CC(C)(C)N1C(=O)NCc1cccc(Br)c1. The second-order valence-electron chi connectivity index (χ2n) is 7.42. The van der Waals surface area contributed by atoms with Crippen molar-refractivity contribution in [1.29, 1.82) is 0 Å². The number of likely N-dealkylation sites (tertiary alicyclic amines) is 1. The first-order valence-electron chi connectivity index (χ1n) is 7.70. The van der Waals surface area contributed by atoms with Crippen molar-refractivity contribution < 1.29 is 4.79 Å². The molecule has 1 aliphatic rings. The average Bonchev–Trinajstić information content (AvgIpc) is 2.32. The average molecular weight is 368 g/mol. The maximum absolute atomic E-state index is 12.8. The van der Waals surface area contributed by atoms with Gasteiger partial charge in [0, 0.05) is 28.1 Å². The third-order valence-electron chi connectivity index (χ3n) is 4.27. The van der Waals surface area contributed by atoms with Crippen molar-refractivity contribution in [2.75, 3.05) is 0 Å². The summed E-state index contributed by atoms with van der Waals surface area (Å²) in [6, 6.07) is 8.08. The van der Waals surface area contributed by atoms with E-state index in [2.05, 4.69) is 48.9 Å². The molecule has 1 aromatic carbocycles. The number of urea groups is 1. The molecule has 0 atom stereocenters. The van der Waals surface area contributed by atoms with E-state index in [1.54, 1.807) is 0 Å². The van der Waals surface area contributed by atoms with Crippen molar-refractivity contribution in [2.45, 2.75) is 64.2 Å². The second kappa shape index (κ2) is 6.20. The van der Waals surface area contributed by atoms with E-state index in [1.807, 2.05) is 29.2 Å². The number of rotatable bonds is 2. The number of nitrogens with two attached hydrogens (primary N) is 1. The van der Waals surface area contributed by atoms with E-state index in [9.17, 15) is 4.79 Å². The molecule has 4 nitrogen and oxygen atoms in total. The lowest BCUT2D eigenvalue weighted by atomic mass is 9.77. The van der Waals surface area contributed by atoms with Gasteiger partial charge in [-0.05, 0) is 58.2 Å². The van der Waals surface area contributed by atoms with Crippen molar-refractivity contribution in [1.82, 2.24) is 10.2 Å². The quantitative estimate of drug-likeness (QED) is 0.837. The Morgan fingerprint density at radius 2 is 1.91 bits per heavy atom. The molecule has 0 aromatic heterocycles. The molecule has 1 fully saturated rings. The minimum Gasteiger partial charge on any atom is -0.334 e. The molecule has 22 heavy (non-hydrogen) atoms. The van der Waals surface area contributed by atoms with E-state index in [4.69, 9.17) is 5.73 Å². The lowest BCUT2D eigenvalue weighted by Gasteiger charge is -2.54. The number of benzene rings is 1. The van der Waals surface area contributed by atoms with Crippen LogP contribution in [-0.4, -0.2) is 28.1 Å². The number of nitrogens with one attached hydrogen (secondary N) is 1. The number of halogens is 1. The van der Waals surface area contributed by atoms with Gasteiger partial charge < -0.3 is 16.0 Å². The molecule has 1 aliphatic heterocycles. The predicted molar refractivity (Wildman–Crippen MR) is 93.6 cm³/mol. The number of hydrogen-bond donors (Lipinski definition) is 2. The summed E-state index contributed by atoms with van der Waals surface area (Å²) in [5.74, 6) is 0. The number of amides is 2. The van der Waals surface area contributed by atoms with Gasteiger partial charge in [0.1, 0.15) is 0 Å². The first-order chi connectivity index (χ1) is 10.1. The Morgan fingerprint density at radius 1 is 1.32 bits per heavy atom.